The van der Waals surface area contributed by atoms with Gasteiger partial charge in [0.15, 0.2) is 0 Å². The lowest BCUT2D eigenvalue weighted by Gasteiger charge is -2.25. The second kappa shape index (κ2) is 6.46. The molecule has 20 heavy (non-hydrogen) atoms. The normalized spacial score (nSPS) is 12.6. The Bertz CT molecular complexity index is 430. The fourth-order valence-corrected chi connectivity index (χ4v) is 2.30. The molecule has 1 nitrogen and oxygen atoms in total. The van der Waals surface area contributed by atoms with Crippen LogP contribution < -0.4 is 5.32 Å². The van der Waals surface area contributed by atoms with Gasteiger partial charge in [-0.15, -0.1) is 0 Å². The van der Waals surface area contributed by atoms with Crippen LogP contribution in [-0.2, 0) is 6.18 Å². The van der Waals surface area contributed by atoms with E-state index >= 15 is 0 Å². The molecule has 0 saturated carbocycles. The Hall–Kier alpha value is -1.26. The van der Waals surface area contributed by atoms with Crippen LogP contribution in [0.25, 0.3) is 0 Å². The number of hydrogen-bond donors (Lipinski definition) is 1. The van der Waals surface area contributed by atoms with Crippen molar-refractivity contribution in [3.05, 3.63) is 29.6 Å². The van der Waals surface area contributed by atoms with Crippen LogP contribution in [0.5, 0.6) is 0 Å². The molecule has 0 aliphatic heterocycles. The van der Waals surface area contributed by atoms with Gasteiger partial charge in [-0.2, -0.15) is 13.2 Å². The molecule has 0 saturated heterocycles. The van der Waals surface area contributed by atoms with E-state index in [1.165, 1.54) is 0 Å². The monoisotopic (exact) mass is 291 g/mol. The van der Waals surface area contributed by atoms with Crippen LogP contribution >= 0.6 is 0 Å². The van der Waals surface area contributed by atoms with E-state index in [9.17, 15) is 17.6 Å². The molecule has 0 bridgehead atoms. The largest absolute Gasteiger partial charge is 0.416 e. The Morgan fingerprint density at radius 2 is 1.60 bits per heavy atom. The van der Waals surface area contributed by atoms with Gasteiger partial charge in [-0.3, -0.25) is 0 Å². The predicted octanol–water partition coefficient (Wildman–Crippen LogP) is 5.18. The van der Waals surface area contributed by atoms with E-state index < -0.39 is 17.6 Å². The molecule has 0 spiro atoms. The highest BCUT2D eigenvalue weighted by atomic mass is 19.4. The van der Waals surface area contributed by atoms with Crippen LogP contribution in [0.4, 0.5) is 23.2 Å². The highest BCUT2D eigenvalue weighted by Crippen LogP contribution is 2.31. The zero-order valence-electron chi connectivity index (χ0n) is 12.2. The number of nitrogens with one attached hydrogen (secondary N) is 1. The maximum Gasteiger partial charge on any atom is 0.416 e. The first kappa shape index (κ1) is 16.8. The summed E-state index contributed by atoms with van der Waals surface area (Å²) in [6, 6.07) is 2.57. The SMILES string of the molecule is CC(C)C(CNc1ccc(C(F)(F)F)cc1F)C(C)C. The average molecular weight is 291 g/mol. The van der Waals surface area contributed by atoms with Crippen molar-refractivity contribution in [3.63, 3.8) is 0 Å². The summed E-state index contributed by atoms with van der Waals surface area (Å²) in [5.74, 6) is 0.294. The van der Waals surface area contributed by atoms with Crippen LogP contribution in [0.1, 0.15) is 33.3 Å². The highest BCUT2D eigenvalue weighted by Gasteiger charge is 2.31. The van der Waals surface area contributed by atoms with Crippen LogP contribution in [-0.4, -0.2) is 6.54 Å². The van der Waals surface area contributed by atoms with Crippen molar-refractivity contribution < 1.29 is 17.6 Å². The molecule has 5 heteroatoms. The minimum atomic E-state index is -4.52. The molecule has 0 aromatic heterocycles. The molecule has 0 aliphatic rings. The summed E-state index contributed by atoms with van der Waals surface area (Å²) >= 11 is 0. The Kier molecular flexibility index (Phi) is 5.42. The molecule has 1 rings (SSSR count). The maximum atomic E-state index is 13.7. The van der Waals surface area contributed by atoms with Crippen molar-refractivity contribution in [3.8, 4) is 0 Å². The van der Waals surface area contributed by atoms with Crippen molar-refractivity contribution in [2.24, 2.45) is 17.8 Å². The zero-order chi connectivity index (χ0) is 15.5. The van der Waals surface area contributed by atoms with E-state index in [1.807, 2.05) is 0 Å². The van der Waals surface area contributed by atoms with Crippen LogP contribution in [0.3, 0.4) is 0 Å². The summed E-state index contributed by atoms with van der Waals surface area (Å²) in [6.45, 7) is 8.85. The maximum absolute atomic E-state index is 13.7. The first-order valence-corrected chi connectivity index (χ1v) is 6.73. The van der Waals surface area contributed by atoms with E-state index in [0.717, 1.165) is 12.1 Å². The lowest BCUT2D eigenvalue weighted by atomic mass is 9.85. The lowest BCUT2D eigenvalue weighted by molar-refractivity contribution is -0.137. The van der Waals surface area contributed by atoms with Crippen molar-refractivity contribution in [2.45, 2.75) is 33.9 Å². The van der Waals surface area contributed by atoms with E-state index in [4.69, 9.17) is 0 Å². The topological polar surface area (TPSA) is 12.0 Å². The third-order valence-corrected chi connectivity index (χ3v) is 3.54. The highest BCUT2D eigenvalue weighted by molar-refractivity contribution is 5.46. The number of hydrogen-bond acceptors (Lipinski definition) is 1. The van der Waals surface area contributed by atoms with Gasteiger partial charge in [0.2, 0.25) is 0 Å². The second-order valence-corrected chi connectivity index (χ2v) is 5.73. The van der Waals surface area contributed by atoms with E-state index in [2.05, 4.69) is 33.0 Å². The van der Waals surface area contributed by atoms with Gasteiger partial charge >= 0.3 is 6.18 Å². The molecule has 1 aromatic rings. The third-order valence-electron chi connectivity index (χ3n) is 3.54. The Balaban J connectivity index is 2.79. The number of anilines is 1. The van der Waals surface area contributed by atoms with Crippen LogP contribution in [0.15, 0.2) is 18.2 Å². The lowest BCUT2D eigenvalue weighted by Crippen LogP contribution is -2.24. The van der Waals surface area contributed by atoms with E-state index in [0.29, 0.717) is 30.4 Å². The summed E-state index contributed by atoms with van der Waals surface area (Å²) < 4.78 is 51.0. The molecule has 0 fully saturated rings. The third kappa shape index (κ3) is 4.39. The molecule has 0 radical (unpaired) electrons. The molecule has 0 amide bonds. The van der Waals surface area contributed by atoms with Gasteiger partial charge in [0.25, 0.3) is 0 Å². The first-order valence-electron chi connectivity index (χ1n) is 6.73. The van der Waals surface area contributed by atoms with Crippen LogP contribution in [0, 0.1) is 23.6 Å². The Morgan fingerprint density at radius 3 is 2.00 bits per heavy atom. The molecule has 0 aliphatic carbocycles. The first-order chi connectivity index (χ1) is 9.12. The van der Waals surface area contributed by atoms with Crippen molar-refractivity contribution in [1.29, 1.82) is 0 Å². The van der Waals surface area contributed by atoms with Crippen LogP contribution in [0.2, 0.25) is 0 Å². The average Bonchev–Trinajstić information content (AvgIpc) is 2.28. The molecular formula is C15H21F4N. The molecule has 0 heterocycles. The standard InChI is InChI=1S/C15H21F4N/c1-9(2)12(10(3)4)8-20-14-6-5-11(7-13(14)16)15(17,18)19/h5-7,9-10,12,20H,8H2,1-4H3. The Morgan fingerprint density at radius 1 is 1.05 bits per heavy atom. The number of benzene rings is 1. The smallest absolute Gasteiger partial charge is 0.382 e. The van der Waals surface area contributed by atoms with Crippen molar-refractivity contribution in [1.82, 2.24) is 0 Å². The van der Waals surface area contributed by atoms with Gasteiger partial charge in [0.05, 0.1) is 11.3 Å². The van der Waals surface area contributed by atoms with Crippen molar-refractivity contribution in [2.75, 3.05) is 11.9 Å². The van der Waals surface area contributed by atoms with Gasteiger partial charge in [-0.1, -0.05) is 27.7 Å². The Labute approximate surface area is 117 Å². The molecule has 1 N–H and O–H groups in total. The number of alkyl halides is 3. The van der Waals surface area contributed by atoms with Gasteiger partial charge in [0.1, 0.15) is 5.82 Å². The number of halogens is 4. The quantitative estimate of drug-likeness (QED) is 0.737. The molecule has 0 unspecified atom stereocenters. The predicted molar refractivity (Wildman–Crippen MR) is 73.1 cm³/mol. The second-order valence-electron chi connectivity index (χ2n) is 5.73. The van der Waals surface area contributed by atoms with Gasteiger partial charge < -0.3 is 5.32 Å². The fraction of sp³-hybridized carbons (Fsp3) is 0.600. The van der Waals surface area contributed by atoms with E-state index in [-0.39, 0.29) is 5.69 Å². The molecule has 114 valence electrons. The minimum absolute atomic E-state index is 0.115. The number of rotatable bonds is 5. The van der Waals surface area contributed by atoms with Gasteiger partial charge in [0, 0.05) is 6.54 Å². The van der Waals surface area contributed by atoms with Gasteiger partial charge in [-0.05, 0) is 36.0 Å². The van der Waals surface area contributed by atoms with E-state index in [1.54, 1.807) is 0 Å². The minimum Gasteiger partial charge on any atom is -0.382 e. The molecule has 0 atom stereocenters. The van der Waals surface area contributed by atoms with Gasteiger partial charge in [-0.25, -0.2) is 4.39 Å². The summed E-state index contributed by atoms with van der Waals surface area (Å²) in [6.07, 6.45) is -4.52. The summed E-state index contributed by atoms with van der Waals surface area (Å²) in [5.41, 5.74) is -0.853. The van der Waals surface area contributed by atoms with Crippen molar-refractivity contribution >= 4 is 5.69 Å². The molecular weight excluding hydrogens is 270 g/mol. The summed E-state index contributed by atoms with van der Waals surface area (Å²) in [4.78, 5) is 0. The summed E-state index contributed by atoms with van der Waals surface area (Å²) in [7, 11) is 0. The summed E-state index contributed by atoms with van der Waals surface area (Å²) in [5, 5.41) is 2.91. The fourth-order valence-electron chi connectivity index (χ4n) is 2.30. The molecule has 1 aromatic carbocycles. The zero-order valence-corrected chi connectivity index (χ0v) is 12.2.